The van der Waals surface area contributed by atoms with Crippen LogP contribution in [0.4, 0.5) is 14.5 Å². The van der Waals surface area contributed by atoms with Gasteiger partial charge in [-0.15, -0.1) is 0 Å². The Bertz CT molecular complexity index is 587. The first kappa shape index (κ1) is 13.9. The van der Waals surface area contributed by atoms with Crippen molar-refractivity contribution in [2.45, 2.75) is 12.8 Å². The van der Waals surface area contributed by atoms with E-state index >= 15 is 0 Å². The highest BCUT2D eigenvalue weighted by Gasteiger charge is 2.28. The minimum atomic E-state index is -3.02. The van der Waals surface area contributed by atoms with E-state index in [9.17, 15) is 22.0 Å². The monoisotopic (exact) mass is 289 g/mol. The van der Waals surface area contributed by atoms with Crippen molar-refractivity contribution in [1.29, 1.82) is 0 Å². The molecular weight excluding hydrogens is 276 g/mol. The van der Waals surface area contributed by atoms with Crippen molar-refractivity contribution in [1.82, 2.24) is 0 Å². The molecule has 1 saturated heterocycles. The summed E-state index contributed by atoms with van der Waals surface area (Å²) in [4.78, 5) is 11.9. The zero-order valence-corrected chi connectivity index (χ0v) is 10.8. The van der Waals surface area contributed by atoms with Gasteiger partial charge in [0, 0.05) is 17.7 Å². The van der Waals surface area contributed by atoms with E-state index < -0.39 is 27.4 Å². The molecule has 104 valence electrons. The molecule has 0 radical (unpaired) electrons. The maximum Gasteiger partial charge on any atom is 0.227 e. The lowest BCUT2D eigenvalue weighted by Crippen LogP contribution is -2.31. The van der Waals surface area contributed by atoms with Crippen molar-refractivity contribution in [2.24, 2.45) is 5.92 Å². The second-order valence-electron chi connectivity index (χ2n) is 4.54. The highest BCUT2D eigenvalue weighted by atomic mass is 32.2. The largest absolute Gasteiger partial charge is 0.326 e. The standard InChI is InChI=1S/C12H13F2NO3S/c13-10-2-1-9(7-11(10)14)15-12(16)8-3-5-19(17,18)6-4-8/h1-2,7-8H,3-6H2,(H,15,16). The van der Waals surface area contributed by atoms with E-state index in [4.69, 9.17) is 0 Å². The Kier molecular flexibility index (Phi) is 3.84. The first-order valence-electron chi connectivity index (χ1n) is 5.84. The molecule has 0 atom stereocenters. The highest BCUT2D eigenvalue weighted by molar-refractivity contribution is 7.91. The quantitative estimate of drug-likeness (QED) is 0.902. The molecule has 0 saturated carbocycles. The third-order valence-corrected chi connectivity index (χ3v) is 4.83. The van der Waals surface area contributed by atoms with Gasteiger partial charge in [-0.3, -0.25) is 4.79 Å². The molecule has 19 heavy (non-hydrogen) atoms. The minimum absolute atomic E-state index is 0.0110. The lowest BCUT2D eigenvalue weighted by molar-refractivity contribution is -0.120. The van der Waals surface area contributed by atoms with Crippen LogP contribution in [-0.4, -0.2) is 25.8 Å². The summed E-state index contributed by atoms with van der Waals surface area (Å²) in [5.41, 5.74) is 0.164. The maximum atomic E-state index is 13.0. The second kappa shape index (κ2) is 5.24. The van der Waals surface area contributed by atoms with Crippen molar-refractivity contribution in [3.8, 4) is 0 Å². The molecule has 1 amide bonds. The van der Waals surface area contributed by atoms with Gasteiger partial charge in [-0.2, -0.15) is 0 Å². The van der Waals surface area contributed by atoms with Crippen LogP contribution in [0.1, 0.15) is 12.8 Å². The number of nitrogens with one attached hydrogen (secondary N) is 1. The van der Waals surface area contributed by atoms with Crippen LogP contribution in [-0.2, 0) is 14.6 Å². The Labute approximate surface area is 109 Å². The predicted octanol–water partition coefficient (Wildman–Crippen LogP) is 1.73. The SMILES string of the molecule is O=C(Nc1ccc(F)c(F)c1)C1CCS(=O)(=O)CC1. The van der Waals surface area contributed by atoms with Gasteiger partial charge in [0.15, 0.2) is 11.6 Å². The Morgan fingerprint density at radius 3 is 2.37 bits per heavy atom. The number of carbonyl (C=O) groups is 1. The van der Waals surface area contributed by atoms with Crippen LogP contribution in [0.3, 0.4) is 0 Å². The average Bonchev–Trinajstić information content (AvgIpc) is 2.33. The van der Waals surface area contributed by atoms with E-state index in [0.717, 1.165) is 12.1 Å². The molecule has 1 aliphatic rings. The molecule has 0 unspecified atom stereocenters. The first-order valence-corrected chi connectivity index (χ1v) is 7.66. The molecule has 0 aliphatic carbocycles. The van der Waals surface area contributed by atoms with E-state index in [0.29, 0.717) is 0 Å². The molecule has 1 aromatic carbocycles. The highest BCUT2D eigenvalue weighted by Crippen LogP contribution is 2.21. The number of hydrogen-bond acceptors (Lipinski definition) is 3. The van der Waals surface area contributed by atoms with E-state index in [1.54, 1.807) is 0 Å². The van der Waals surface area contributed by atoms with Crippen LogP contribution in [0.2, 0.25) is 0 Å². The summed E-state index contributed by atoms with van der Waals surface area (Å²) in [5.74, 6) is -2.81. The molecule has 0 aromatic heterocycles. The Morgan fingerprint density at radius 2 is 1.79 bits per heavy atom. The summed E-state index contributed by atoms with van der Waals surface area (Å²) in [5, 5.41) is 2.47. The van der Waals surface area contributed by atoms with Gasteiger partial charge in [-0.05, 0) is 25.0 Å². The summed E-state index contributed by atoms with van der Waals surface area (Å²) in [6, 6.07) is 3.08. The van der Waals surface area contributed by atoms with Crippen molar-refractivity contribution in [2.75, 3.05) is 16.8 Å². The molecular formula is C12H13F2NO3S. The van der Waals surface area contributed by atoms with Crippen molar-refractivity contribution in [3.05, 3.63) is 29.8 Å². The zero-order chi connectivity index (χ0) is 14.0. The number of amides is 1. The number of carbonyl (C=O) groups excluding carboxylic acids is 1. The topological polar surface area (TPSA) is 63.2 Å². The summed E-state index contributed by atoms with van der Waals surface area (Å²) < 4.78 is 48.2. The van der Waals surface area contributed by atoms with Gasteiger partial charge < -0.3 is 5.32 Å². The maximum absolute atomic E-state index is 13.0. The summed E-state index contributed by atoms with van der Waals surface area (Å²) in [6.45, 7) is 0. The van der Waals surface area contributed by atoms with Crippen LogP contribution >= 0.6 is 0 Å². The lowest BCUT2D eigenvalue weighted by Gasteiger charge is -2.21. The summed E-state index contributed by atoms with van der Waals surface area (Å²) in [6.07, 6.45) is 0.523. The van der Waals surface area contributed by atoms with Crippen LogP contribution in [0.25, 0.3) is 0 Å². The van der Waals surface area contributed by atoms with Gasteiger partial charge in [0.25, 0.3) is 0 Å². The number of anilines is 1. The first-order chi connectivity index (χ1) is 8.87. The molecule has 0 bridgehead atoms. The Balaban J connectivity index is 2.00. The van der Waals surface area contributed by atoms with Gasteiger partial charge in [-0.25, -0.2) is 17.2 Å². The van der Waals surface area contributed by atoms with E-state index in [2.05, 4.69) is 5.32 Å². The van der Waals surface area contributed by atoms with E-state index in [1.165, 1.54) is 6.07 Å². The average molecular weight is 289 g/mol. The van der Waals surface area contributed by atoms with Gasteiger partial charge in [0.1, 0.15) is 9.84 Å². The smallest absolute Gasteiger partial charge is 0.227 e. The van der Waals surface area contributed by atoms with Crippen molar-refractivity contribution >= 4 is 21.4 Å². The second-order valence-corrected chi connectivity index (χ2v) is 6.85. The summed E-state index contributed by atoms with van der Waals surface area (Å²) >= 11 is 0. The number of hydrogen-bond donors (Lipinski definition) is 1. The zero-order valence-electron chi connectivity index (χ0n) is 10.0. The summed E-state index contributed by atoms with van der Waals surface area (Å²) in [7, 11) is -3.02. The lowest BCUT2D eigenvalue weighted by atomic mass is 10.0. The van der Waals surface area contributed by atoms with E-state index in [-0.39, 0.29) is 35.9 Å². The fourth-order valence-corrected chi connectivity index (χ4v) is 3.46. The van der Waals surface area contributed by atoms with Crippen LogP contribution in [0, 0.1) is 17.6 Å². The fourth-order valence-electron chi connectivity index (χ4n) is 1.97. The normalized spacial score (nSPS) is 19.1. The molecule has 1 N–H and O–H groups in total. The molecule has 1 aliphatic heterocycles. The van der Waals surface area contributed by atoms with Gasteiger partial charge >= 0.3 is 0 Å². The fraction of sp³-hybridized carbons (Fsp3) is 0.417. The molecule has 1 heterocycles. The van der Waals surface area contributed by atoms with Gasteiger partial charge in [0.05, 0.1) is 11.5 Å². The molecule has 2 rings (SSSR count). The van der Waals surface area contributed by atoms with Gasteiger partial charge in [-0.1, -0.05) is 0 Å². The number of halogens is 2. The molecule has 0 spiro atoms. The predicted molar refractivity (Wildman–Crippen MR) is 66.4 cm³/mol. The van der Waals surface area contributed by atoms with Crippen LogP contribution < -0.4 is 5.32 Å². The number of sulfone groups is 1. The molecule has 1 aromatic rings. The minimum Gasteiger partial charge on any atom is -0.326 e. The molecule has 4 nitrogen and oxygen atoms in total. The third kappa shape index (κ3) is 3.50. The van der Waals surface area contributed by atoms with Crippen LogP contribution in [0.15, 0.2) is 18.2 Å². The van der Waals surface area contributed by atoms with Gasteiger partial charge in [0.2, 0.25) is 5.91 Å². The van der Waals surface area contributed by atoms with E-state index in [1.807, 2.05) is 0 Å². The Morgan fingerprint density at radius 1 is 1.16 bits per heavy atom. The molecule has 7 heteroatoms. The molecule has 1 fully saturated rings. The van der Waals surface area contributed by atoms with Crippen molar-refractivity contribution in [3.63, 3.8) is 0 Å². The number of benzene rings is 1. The Hall–Kier alpha value is -1.50. The number of rotatable bonds is 2. The van der Waals surface area contributed by atoms with Crippen LogP contribution in [0.5, 0.6) is 0 Å². The van der Waals surface area contributed by atoms with Crippen molar-refractivity contribution < 1.29 is 22.0 Å². The third-order valence-electron chi connectivity index (χ3n) is 3.11.